The van der Waals surface area contributed by atoms with E-state index in [4.69, 9.17) is 5.73 Å². The molecule has 0 spiro atoms. The number of hydrogen-bond acceptors (Lipinski definition) is 2. The lowest BCUT2D eigenvalue weighted by molar-refractivity contribution is 0.0953. The lowest BCUT2D eigenvalue weighted by Crippen LogP contribution is -2.26. The minimum Gasteiger partial charge on any atom is -0.399 e. The van der Waals surface area contributed by atoms with E-state index in [0.717, 1.165) is 23.2 Å². The monoisotopic (exact) mass is 268 g/mol. The van der Waals surface area contributed by atoms with Crippen molar-refractivity contribution in [2.75, 3.05) is 12.3 Å². The number of carbonyl (C=O) groups excluding carboxylic acids is 1. The summed E-state index contributed by atoms with van der Waals surface area (Å²) in [5.74, 6) is -0.0158. The number of amides is 1. The van der Waals surface area contributed by atoms with Crippen molar-refractivity contribution in [3.63, 3.8) is 0 Å². The summed E-state index contributed by atoms with van der Waals surface area (Å²) >= 11 is 0. The van der Waals surface area contributed by atoms with Crippen LogP contribution in [0.2, 0.25) is 0 Å². The van der Waals surface area contributed by atoms with Crippen LogP contribution in [-0.4, -0.2) is 12.5 Å². The van der Waals surface area contributed by atoms with Gasteiger partial charge in [0.25, 0.3) is 5.91 Å². The molecule has 20 heavy (non-hydrogen) atoms. The lowest BCUT2D eigenvalue weighted by atomic mass is 10.1. The summed E-state index contributed by atoms with van der Waals surface area (Å²) in [5.41, 5.74) is 10.5. The molecule has 2 rings (SSSR count). The quantitative estimate of drug-likeness (QED) is 0.838. The number of rotatable bonds is 4. The van der Waals surface area contributed by atoms with Crippen LogP contribution in [0.1, 0.15) is 27.0 Å². The summed E-state index contributed by atoms with van der Waals surface area (Å²) in [5, 5.41) is 2.95. The minimum absolute atomic E-state index is 0.0158. The average Bonchev–Trinajstić information content (AvgIpc) is 2.41. The Morgan fingerprint density at radius 2 is 1.80 bits per heavy atom. The van der Waals surface area contributed by atoms with Crippen LogP contribution in [0.25, 0.3) is 0 Å². The molecular weight excluding hydrogens is 248 g/mol. The normalized spacial score (nSPS) is 10.3. The third-order valence-electron chi connectivity index (χ3n) is 3.31. The predicted molar refractivity (Wildman–Crippen MR) is 82.8 cm³/mol. The van der Waals surface area contributed by atoms with Gasteiger partial charge < -0.3 is 11.1 Å². The van der Waals surface area contributed by atoms with Crippen LogP contribution in [-0.2, 0) is 6.42 Å². The van der Waals surface area contributed by atoms with Crippen molar-refractivity contribution in [2.24, 2.45) is 0 Å². The van der Waals surface area contributed by atoms with E-state index in [1.807, 2.05) is 56.3 Å². The van der Waals surface area contributed by atoms with Crippen molar-refractivity contribution in [1.82, 2.24) is 5.32 Å². The van der Waals surface area contributed by atoms with Gasteiger partial charge >= 0.3 is 0 Å². The molecule has 0 radical (unpaired) electrons. The second-order valence-electron chi connectivity index (χ2n) is 5.07. The molecule has 0 aliphatic carbocycles. The molecule has 0 saturated carbocycles. The van der Waals surface area contributed by atoms with Crippen LogP contribution >= 0.6 is 0 Å². The van der Waals surface area contributed by atoms with E-state index in [2.05, 4.69) is 5.32 Å². The summed E-state index contributed by atoms with van der Waals surface area (Å²) < 4.78 is 0. The molecule has 3 nitrogen and oxygen atoms in total. The number of nitrogens with one attached hydrogen (secondary N) is 1. The molecule has 0 bridgehead atoms. The van der Waals surface area contributed by atoms with Crippen molar-refractivity contribution in [3.8, 4) is 0 Å². The van der Waals surface area contributed by atoms with Crippen LogP contribution in [0.15, 0.2) is 42.5 Å². The van der Waals surface area contributed by atoms with Crippen LogP contribution < -0.4 is 11.1 Å². The highest BCUT2D eigenvalue weighted by atomic mass is 16.1. The van der Waals surface area contributed by atoms with Crippen molar-refractivity contribution < 1.29 is 4.79 Å². The Morgan fingerprint density at radius 1 is 1.10 bits per heavy atom. The fraction of sp³-hybridized carbons (Fsp3) is 0.235. The van der Waals surface area contributed by atoms with E-state index in [9.17, 15) is 4.79 Å². The van der Waals surface area contributed by atoms with Gasteiger partial charge in [-0.2, -0.15) is 0 Å². The van der Waals surface area contributed by atoms with E-state index in [0.29, 0.717) is 6.54 Å². The summed E-state index contributed by atoms with van der Waals surface area (Å²) in [4.78, 5) is 12.1. The van der Waals surface area contributed by atoms with E-state index in [-0.39, 0.29) is 5.91 Å². The van der Waals surface area contributed by atoms with Crippen molar-refractivity contribution in [1.29, 1.82) is 0 Å². The van der Waals surface area contributed by atoms with Crippen LogP contribution in [0.4, 0.5) is 5.69 Å². The highest BCUT2D eigenvalue weighted by Gasteiger charge is 2.07. The van der Waals surface area contributed by atoms with Gasteiger partial charge in [-0.1, -0.05) is 29.8 Å². The number of hydrogen-bond donors (Lipinski definition) is 2. The molecule has 0 atom stereocenters. The van der Waals surface area contributed by atoms with E-state index in [1.165, 1.54) is 11.1 Å². The zero-order valence-corrected chi connectivity index (χ0v) is 11.9. The minimum atomic E-state index is -0.0158. The molecule has 1 amide bonds. The molecular formula is C17H20N2O. The van der Waals surface area contributed by atoms with Gasteiger partial charge in [0.2, 0.25) is 0 Å². The van der Waals surface area contributed by atoms with Crippen LogP contribution in [0.5, 0.6) is 0 Å². The van der Waals surface area contributed by atoms with Gasteiger partial charge in [-0.25, -0.2) is 0 Å². The molecule has 0 aliphatic rings. The van der Waals surface area contributed by atoms with Crippen LogP contribution in [0, 0.1) is 13.8 Å². The summed E-state index contributed by atoms with van der Waals surface area (Å²) in [6, 6.07) is 13.6. The maximum absolute atomic E-state index is 12.1. The number of carbonyl (C=O) groups is 1. The first-order valence-corrected chi connectivity index (χ1v) is 6.76. The Bertz CT molecular complexity index is 603. The number of benzene rings is 2. The van der Waals surface area contributed by atoms with Gasteiger partial charge in [0.05, 0.1) is 0 Å². The fourth-order valence-electron chi connectivity index (χ4n) is 2.17. The standard InChI is InChI=1S/C17H20N2O/c1-12-3-8-16(13(2)11-12)17(20)19-10-9-14-4-6-15(18)7-5-14/h3-8,11H,9-10,18H2,1-2H3,(H,19,20). The maximum atomic E-state index is 12.1. The topological polar surface area (TPSA) is 55.1 Å². The molecule has 0 unspecified atom stereocenters. The highest BCUT2D eigenvalue weighted by Crippen LogP contribution is 2.10. The second kappa shape index (κ2) is 6.24. The third kappa shape index (κ3) is 3.60. The molecule has 3 N–H and O–H groups in total. The van der Waals surface area contributed by atoms with Gasteiger partial charge in [0.1, 0.15) is 0 Å². The number of nitrogen functional groups attached to an aromatic ring is 1. The Labute approximate surface area is 119 Å². The summed E-state index contributed by atoms with van der Waals surface area (Å²) in [6.07, 6.45) is 0.803. The number of nitrogens with two attached hydrogens (primary N) is 1. The molecule has 0 heterocycles. The van der Waals surface area contributed by atoms with Gasteiger partial charge in [0.15, 0.2) is 0 Å². The average molecular weight is 268 g/mol. The van der Waals surface area contributed by atoms with Gasteiger partial charge in [-0.05, 0) is 49.6 Å². The molecule has 2 aromatic rings. The number of anilines is 1. The fourth-order valence-corrected chi connectivity index (χ4v) is 2.17. The second-order valence-corrected chi connectivity index (χ2v) is 5.07. The Balaban J connectivity index is 1.90. The first kappa shape index (κ1) is 14.1. The lowest BCUT2D eigenvalue weighted by Gasteiger charge is -2.08. The Morgan fingerprint density at radius 3 is 2.45 bits per heavy atom. The molecule has 0 aliphatic heterocycles. The third-order valence-corrected chi connectivity index (χ3v) is 3.31. The summed E-state index contributed by atoms with van der Waals surface area (Å²) in [7, 11) is 0. The Kier molecular flexibility index (Phi) is 4.41. The molecule has 2 aromatic carbocycles. The summed E-state index contributed by atoms with van der Waals surface area (Å²) in [6.45, 7) is 4.60. The van der Waals surface area contributed by atoms with E-state index in [1.54, 1.807) is 0 Å². The first-order valence-electron chi connectivity index (χ1n) is 6.76. The van der Waals surface area contributed by atoms with Crippen molar-refractivity contribution in [3.05, 3.63) is 64.7 Å². The van der Waals surface area contributed by atoms with E-state index < -0.39 is 0 Å². The highest BCUT2D eigenvalue weighted by molar-refractivity contribution is 5.95. The zero-order valence-electron chi connectivity index (χ0n) is 11.9. The molecule has 0 fully saturated rings. The first-order chi connectivity index (χ1) is 9.56. The van der Waals surface area contributed by atoms with Crippen LogP contribution in [0.3, 0.4) is 0 Å². The van der Waals surface area contributed by atoms with Crippen molar-refractivity contribution in [2.45, 2.75) is 20.3 Å². The molecule has 0 aromatic heterocycles. The molecule has 0 saturated heterocycles. The van der Waals surface area contributed by atoms with Gasteiger partial charge in [0, 0.05) is 17.8 Å². The van der Waals surface area contributed by atoms with E-state index >= 15 is 0 Å². The SMILES string of the molecule is Cc1ccc(C(=O)NCCc2ccc(N)cc2)c(C)c1. The molecule has 3 heteroatoms. The molecule has 104 valence electrons. The smallest absolute Gasteiger partial charge is 0.251 e. The number of aryl methyl sites for hydroxylation is 2. The zero-order chi connectivity index (χ0) is 14.5. The van der Waals surface area contributed by atoms with Gasteiger partial charge in [-0.3, -0.25) is 4.79 Å². The Hall–Kier alpha value is -2.29. The maximum Gasteiger partial charge on any atom is 0.251 e. The van der Waals surface area contributed by atoms with Crippen molar-refractivity contribution >= 4 is 11.6 Å². The largest absolute Gasteiger partial charge is 0.399 e. The predicted octanol–water partition coefficient (Wildman–Crippen LogP) is 2.86. The van der Waals surface area contributed by atoms with Gasteiger partial charge in [-0.15, -0.1) is 0 Å².